The summed E-state index contributed by atoms with van der Waals surface area (Å²) < 4.78 is 60.5. The molecule has 0 radical (unpaired) electrons. The third-order valence-corrected chi connectivity index (χ3v) is 6.14. The monoisotopic (exact) mass is 487 g/mol. The van der Waals surface area contributed by atoms with Crippen molar-refractivity contribution in [3.63, 3.8) is 0 Å². The van der Waals surface area contributed by atoms with Gasteiger partial charge in [-0.15, -0.1) is 0 Å². The van der Waals surface area contributed by atoms with Gasteiger partial charge in [0.2, 0.25) is 0 Å². The van der Waals surface area contributed by atoms with E-state index in [0.29, 0.717) is 0 Å². The van der Waals surface area contributed by atoms with E-state index in [2.05, 4.69) is 32.4 Å². The molecule has 0 spiro atoms. The van der Waals surface area contributed by atoms with E-state index in [9.17, 15) is 26.5 Å². The maximum Gasteiger partial charge on any atom is 0.367 e. The minimum absolute atomic E-state index is 1.01. The van der Waals surface area contributed by atoms with Crippen LogP contribution in [0, 0.1) is 5.41 Å². The van der Waals surface area contributed by atoms with E-state index in [-0.39, 0.29) is 0 Å². The summed E-state index contributed by atoms with van der Waals surface area (Å²) in [5.74, 6) is -1.01. The highest BCUT2D eigenvalue weighted by atomic mass is 32.2. The largest absolute Gasteiger partial charge is 0.743 e. The van der Waals surface area contributed by atoms with Gasteiger partial charge in [0.05, 0.1) is 31.6 Å². The molecule has 0 unspecified atom stereocenters. The third kappa shape index (κ3) is 14.4. The van der Waals surface area contributed by atoms with Crippen molar-refractivity contribution in [2.45, 2.75) is 105 Å². The lowest BCUT2D eigenvalue weighted by Crippen LogP contribution is -2.50. The van der Waals surface area contributed by atoms with E-state index in [1.165, 1.54) is 103 Å². The van der Waals surface area contributed by atoms with Gasteiger partial charge in [-0.25, -0.2) is 8.42 Å². The van der Waals surface area contributed by atoms with Crippen LogP contribution in [0.1, 0.15) is 99.8 Å². The van der Waals surface area contributed by atoms with E-state index < -0.39 is 33.4 Å². The van der Waals surface area contributed by atoms with Gasteiger partial charge in [-0.3, -0.25) is 4.79 Å². The van der Waals surface area contributed by atoms with Crippen LogP contribution in [-0.2, 0) is 19.6 Å². The molecule has 0 aliphatic rings. The number of carbonyl (C=O) groups excluding carboxylic acids is 1. The number of alkyl halides is 2. The molecule has 0 rings (SSSR count). The molecule has 0 N–H and O–H groups in total. The Morgan fingerprint density at radius 2 is 1.12 bits per heavy atom. The molecule has 0 saturated heterocycles. The van der Waals surface area contributed by atoms with Gasteiger partial charge >= 0.3 is 11.2 Å². The fraction of sp³-hybridized carbons (Fsp3) is 0.957. The summed E-state index contributed by atoms with van der Waals surface area (Å²) in [7, 11) is -5.80. The molecule has 0 amide bonds. The van der Waals surface area contributed by atoms with E-state index >= 15 is 0 Å². The van der Waals surface area contributed by atoms with Crippen LogP contribution in [-0.4, -0.2) is 61.5 Å². The van der Waals surface area contributed by atoms with E-state index in [1.54, 1.807) is 0 Å². The highest BCUT2D eigenvalue weighted by molar-refractivity contribution is 7.86. The van der Waals surface area contributed by atoms with Crippen LogP contribution >= 0.6 is 0 Å². The summed E-state index contributed by atoms with van der Waals surface area (Å²) in [5.41, 5.74) is -1.04. The Hall–Kier alpha value is -0.800. The number of carbonyl (C=O) groups is 1. The zero-order valence-electron chi connectivity index (χ0n) is 21.3. The van der Waals surface area contributed by atoms with Crippen LogP contribution in [0.2, 0.25) is 0 Å². The lowest BCUT2D eigenvalue weighted by molar-refractivity contribution is -0.929. The molecule has 0 aliphatic heterocycles. The van der Waals surface area contributed by atoms with Gasteiger partial charge in [0.15, 0.2) is 16.7 Å². The molecule has 0 aromatic rings. The molecule has 194 valence electrons. The summed E-state index contributed by atoms with van der Waals surface area (Å²) in [5, 5.41) is -4.59. The molecule has 0 aromatic heterocycles. The number of rotatable bonds is 15. The van der Waals surface area contributed by atoms with Gasteiger partial charge in [-0.1, -0.05) is 53.4 Å². The molecule has 0 fully saturated rings. The second kappa shape index (κ2) is 15.9. The zero-order valence-corrected chi connectivity index (χ0v) is 22.2. The Morgan fingerprint density at radius 1 is 0.812 bits per heavy atom. The fourth-order valence-corrected chi connectivity index (χ4v) is 3.29. The average Bonchev–Trinajstić information content (AvgIpc) is 2.70. The van der Waals surface area contributed by atoms with Gasteiger partial charge in [0.1, 0.15) is 0 Å². The van der Waals surface area contributed by atoms with Crippen molar-refractivity contribution in [2.24, 2.45) is 5.41 Å². The quantitative estimate of drug-likeness (QED) is 0.168. The summed E-state index contributed by atoms with van der Waals surface area (Å²) in [6, 6.07) is 0. The molecule has 9 heteroatoms. The fourth-order valence-electron chi connectivity index (χ4n) is 3.08. The van der Waals surface area contributed by atoms with Crippen LogP contribution < -0.4 is 0 Å². The Morgan fingerprint density at radius 3 is 1.34 bits per heavy atom. The molecule has 6 nitrogen and oxygen atoms in total. The van der Waals surface area contributed by atoms with Crippen molar-refractivity contribution in [1.82, 2.24) is 0 Å². The second-order valence-electron chi connectivity index (χ2n) is 9.57. The molecule has 32 heavy (non-hydrogen) atoms. The lowest BCUT2D eigenvalue weighted by Gasteiger charge is -2.39. The number of unbranched alkanes of at least 4 members (excludes halogenated alkanes) is 4. The minimum atomic E-state index is -5.80. The smallest absolute Gasteiger partial charge is 0.367 e. The first-order valence-corrected chi connectivity index (χ1v) is 13.4. The van der Waals surface area contributed by atoms with Crippen molar-refractivity contribution in [2.75, 3.05) is 32.8 Å². The SMILES string of the molecule is CC(C)(C)C(=O)OCC(F)(F)S(=O)(=O)[O-].CCCC[N+](CCCC)(CCCC)CCCC. The Balaban J connectivity index is 0. The minimum Gasteiger partial charge on any atom is -0.743 e. The molecule has 0 aliphatic carbocycles. The second-order valence-corrected chi connectivity index (χ2v) is 11.1. The van der Waals surface area contributed by atoms with Gasteiger partial charge in [0, 0.05) is 0 Å². The number of nitrogens with zero attached hydrogens (tertiary/aromatic N) is 1. The van der Waals surface area contributed by atoms with Crippen molar-refractivity contribution < 1.29 is 35.8 Å². The number of ether oxygens (including phenoxy) is 1. The molecule has 0 saturated carbocycles. The molecular formula is C23H47F2NO5S. The van der Waals surface area contributed by atoms with Crippen molar-refractivity contribution in [1.29, 1.82) is 0 Å². The third-order valence-electron chi connectivity index (χ3n) is 5.29. The molecule has 0 heterocycles. The Labute approximate surface area is 195 Å². The number of esters is 1. The van der Waals surface area contributed by atoms with E-state index in [4.69, 9.17) is 0 Å². The first kappa shape index (κ1) is 33.4. The Bertz CT molecular complexity index is 566. The van der Waals surface area contributed by atoms with Gasteiger partial charge in [-0.05, 0) is 46.5 Å². The normalized spacial score (nSPS) is 12.8. The summed E-state index contributed by atoms with van der Waals surface area (Å²) in [4.78, 5) is 11.0. The van der Waals surface area contributed by atoms with Gasteiger partial charge in [0.25, 0.3) is 0 Å². The number of hydrogen-bond acceptors (Lipinski definition) is 5. The first-order chi connectivity index (χ1) is 14.6. The van der Waals surface area contributed by atoms with Crippen LogP contribution in [0.3, 0.4) is 0 Å². The highest BCUT2D eigenvalue weighted by Crippen LogP contribution is 2.23. The van der Waals surface area contributed by atoms with Crippen LogP contribution in [0.25, 0.3) is 0 Å². The summed E-state index contributed by atoms with van der Waals surface area (Å²) in [6.45, 7) is 17.5. The van der Waals surface area contributed by atoms with Crippen LogP contribution in [0.4, 0.5) is 8.78 Å². The lowest BCUT2D eigenvalue weighted by atomic mass is 9.97. The number of quaternary nitrogens is 1. The number of hydrogen-bond donors (Lipinski definition) is 0. The standard InChI is InChI=1S/C16H36N.C7H12F2O5S/c1-5-9-13-17(14-10-6-2,15-11-7-3)16-12-8-4;1-6(2,3)5(10)14-4-7(8,9)15(11,12)13/h5-16H2,1-4H3;4H2,1-3H3,(H,11,12,13)/q+1;/p-1. The van der Waals surface area contributed by atoms with Crippen LogP contribution in [0.5, 0.6) is 0 Å². The van der Waals surface area contributed by atoms with Crippen molar-refractivity contribution in [3.05, 3.63) is 0 Å². The summed E-state index contributed by atoms with van der Waals surface area (Å²) in [6.07, 6.45) is 11.1. The van der Waals surface area contributed by atoms with Gasteiger partial charge < -0.3 is 13.8 Å². The topological polar surface area (TPSA) is 83.5 Å². The zero-order chi connectivity index (χ0) is 25.5. The van der Waals surface area contributed by atoms with Crippen molar-refractivity contribution in [3.8, 4) is 0 Å². The predicted octanol–water partition coefficient (Wildman–Crippen LogP) is 5.72. The molecular weight excluding hydrogens is 440 g/mol. The average molecular weight is 488 g/mol. The van der Waals surface area contributed by atoms with Crippen LogP contribution in [0.15, 0.2) is 0 Å². The maximum absolute atomic E-state index is 12.5. The van der Waals surface area contributed by atoms with Crippen molar-refractivity contribution >= 4 is 16.1 Å². The molecule has 0 atom stereocenters. The summed E-state index contributed by atoms with van der Waals surface area (Å²) >= 11 is 0. The molecule has 0 bridgehead atoms. The van der Waals surface area contributed by atoms with E-state index in [1.807, 2.05) is 0 Å². The van der Waals surface area contributed by atoms with E-state index in [0.717, 1.165) is 0 Å². The predicted molar refractivity (Wildman–Crippen MR) is 124 cm³/mol. The first-order valence-electron chi connectivity index (χ1n) is 12.0. The molecule has 0 aromatic carbocycles. The highest BCUT2D eigenvalue weighted by Gasteiger charge is 2.40. The maximum atomic E-state index is 12.5. The number of halogens is 2. The van der Waals surface area contributed by atoms with Gasteiger partial charge in [-0.2, -0.15) is 8.78 Å². The Kier molecular flexibility index (Phi) is 16.6.